The van der Waals surface area contributed by atoms with E-state index in [1.165, 1.54) is 0 Å². The molecule has 2 aromatic carbocycles. The molecule has 3 heterocycles. The number of benzene rings is 2. The van der Waals surface area contributed by atoms with Crippen molar-refractivity contribution in [3.05, 3.63) is 52.9 Å². The minimum atomic E-state index is -1.16. The molecule has 160 valence electrons. The average molecular weight is 420 g/mol. The molecule has 2 aromatic heterocycles. The van der Waals surface area contributed by atoms with E-state index < -0.39 is 6.23 Å². The van der Waals surface area contributed by atoms with E-state index in [-0.39, 0.29) is 5.91 Å². The van der Waals surface area contributed by atoms with Crippen LogP contribution in [0.2, 0.25) is 0 Å². The topological polar surface area (TPSA) is 118 Å². The molecule has 1 amide bonds. The van der Waals surface area contributed by atoms with Gasteiger partial charge in [-0.2, -0.15) is 0 Å². The van der Waals surface area contributed by atoms with E-state index in [2.05, 4.69) is 10.1 Å². The molecule has 4 N–H and O–H groups in total. The van der Waals surface area contributed by atoms with Crippen LogP contribution in [0.4, 0.5) is 0 Å². The van der Waals surface area contributed by atoms with Crippen molar-refractivity contribution >= 4 is 27.7 Å². The van der Waals surface area contributed by atoms with Gasteiger partial charge in [-0.25, -0.2) is 0 Å². The molecule has 0 saturated carbocycles. The third-order valence-corrected chi connectivity index (χ3v) is 5.92. The van der Waals surface area contributed by atoms with E-state index in [4.69, 9.17) is 15.0 Å². The first-order valence-electron chi connectivity index (χ1n) is 10.3. The molecular formula is C23H24N4O4. The van der Waals surface area contributed by atoms with Crippen LogP contribution in [0, 0.1) is 13.8 Å². The lowest BCUT2D eigenvalue weighted by atomic mass is 9.97. The zero-order valence-electron chi connectivity index (χ0n) is 17.4. The van der Waals surface area contributed by atoms with Crippen LogP contribution < -0.4 is 5.73 Å². The molecule has 1 aliphatic rings. The molecule has 0 aliphatic carbocycles. The first kappa shape index (κ1) is 19.7. The summed E-state index contributed by atoms with van der Waals surface area (Å²) in [5, 5.41) is 16.2. The quantitative estimate of drug-likeness (QED) is 0.439. The molecule has 0 radical (unpaired) electrons. The summed E-state index contributed by atoms with van der Waals surface area (Å²) >= 11 is 0. The number of carbonyl (C=O) groups excluding carboxylic acids is 1. The maximum Gasteiger partial charge on any atom is 0.254 e. The lowest BCUT2D eigenvalue weighted by molar-refractivity contribution is 0.0303. The number of morpholine rings is 1. The number of rotatable bonds is 3. The monoisotopic (exact) mass is 420 g/mol. The van der Waals surface area contributed by atoms with E-state index in [1.807, 2.05) is 44.2 Å². The summed E-state index contributed by atoms with van der Waals surface area (Å²) in [5.74, 6) is 0.687. The number of aliphatic hydroxyl groups is 1. The zero-order chi connectivity index (χ0) is 21.7. The first-order valence-corrected chi connectivity index (χ1v) is 10.3. The van der Waals surface area contributed by atoms with E-state index in [0.717, 1.165) is 38.6 Å². The van der Waals surface area contributed by atoms with Crippen molar-refractivity contribution in [1.82, 2.24) is 15.0 Å². The van der Waals surface area contributed by atoms with Gasteiger partial charge in [0, 0.05) is 46.1 Å². The highest BCUT2D eigenvalue weighted by Crippen LogP contribution is 2.36. The summed E-state index contributed by atoms with van der Waals surface area (Å²) in [7, 11) is 0. The number of nitrogens with one attached hydrogen (secondary N) is 1. The van der Waals surface area contributed by atoms with Gasteiger partial charge in [0.2, 0.25) is 0 Å². The Morgan fingerprint density at radius 3 is 2.65 bits per heavy atom. The van der Waals surface area contributed by atoms with Crippen molar-refractivity contribution in [2.24, 2.45) is 5.73 Å². The molecule has 0 bridgehead atoms. The number of aryl methyl sites for hydroxylation is 2. The second kappa shape index (κ2) is 7.49. The number of nitrogens with zero attached hydrogens (tertiary/aromatic N) is 2. The Labute approximate surface area is 178 Å². The number of hydrogen-bond donors (Lipinski definition) is 3. The molecule has 1 aliphatic heterocycles. The van der Waals surface area contributed by atoms with Crippen LogP contribution in [0.5, 0.6) is 0 Å². The Balaban J connectivity index is 1.67. The highest BCUT2D eigenvalue weighted by atomic mass is 16.5. The largest absolute Gasteiger partial charge is 0.378 e. The van der Waals surface area contributed by atoms with Crippen LogP contribution >= 0.6 is 0 Å². The summed E-state index contributed by atoms with van der Waals surface area (Å²) in [4.78, 5) is 18.1. The van der Waals surface area contributed by atoms with Crippen molar-refractivity contribution in [1.29, 1.82) is 0 Å². The molecule has 8 heteroatoms. The number of H-pyrrole nitrogens is 1. The van der Waals surface area contributed by atoms with E-state index >= 15 is 0 Å². The number of amides is 1. The van der Waals surface area contributed by atoms with Crippen LogP contribution in [-0.4, -0.2) is 52.4 Å². The third kappa shape index (κ3) is 3.29. The van der Waals surface area contributed by atoms with Crippen LogP contribution in [-0.2, 0) is 4.74 Å². The van der Waals surface area contributed by atoms with Gasteiger partial charge in [-0.3, -0.25) is 4.79 Å². The standard InChI is InChI=1S/C23H24N4O4/c1-12-20(13(2)31-26-12)15-9-17-16-4-3-14(23(29)27-5-7-30-8-6-27)11-19(16)25-21(17)18(10-15)22(24)28/h3-4,9-11,22,25,28H,5-8,24H2,1-2H3. The minimum absolute atomic E-state index is 0.0145. The fourth-order valence-corrected chi connectivity index (χ4v) is 4.39. The molecule has 31 heavy (non-hydrogen) atoms. The van der Waals surface area contributed by atoms with Gasteiger partial charge in [0.15, 0.2) is 0 Å². The van der Waals surface area contributed by atoms with Gasteiger partial charge in [-0.05, 0) is 43.7 Å². The second-order valence-corrected chi connectivity index (χ2v) is 7.92. The Bertz CT molecular complexity index is 1280. The molecule has 0 spiro atoms. The fourth-order valence-electron chi connectivity index (χ4n) is 4.39. The van der Waals surface area contributed by atoms with Crippen LogP contribution in [0.15, 0.2) is 34.9 Å². The second-order valence-electron chi connectivity index (χ2n) is 7.92. The van der Waals surface area contributed by atoms with Gasteiger partial charge in [0.25, 0.3) is 5.91 Å². The zero-order valence-corrected chi connectivity index (χ0v) is 17.4. The van der Waals surface area contributed by atoms with Gasteiger partial charge in [0.05, 0.1) is 24.4 Å². The average Bonchev–Trinajstić information content (AvgIpc) is 3.31. The number of nitrogens with two attached hydrogens (primary N) is 1. The Kier molecular flexibility index (Phi) is 4.77. The molecule has 4 aromatic rings. The molecule has 5 rings (SSSR count). The van der Waals surface area contributed by atoms with Crippen LogP contribution in [0.25, 0.3) is 32.9 Å². The molecular weight excluding hydrogens is 396 g/mol. The van der Waals surface area contributed by atoms with Crippen molar-refractivity contribution in [3.63, 3.8) is 0 Å². The van der Waals surface area contributed by atoms with Gasteiger partial charge in [-0.15, -0.1) is 0 Å². The lowest BCUT2D eigenvalue weighted by Crippen LogP contribution is -2.40. The van der Waals surface area contributed by atoms with Gasteiger partial charge in [-0.1, -0.05) is 11.2 Å². The number of fused-ring (bicyclic) bond motifs is 3. The predicted molar refractivity (Wildman–Crippen MR) is 117 cm³/mol. The molecule has 1 unspecified atom stereocenters. The normalized spacial score (nSPS) is 15.7. The van der Waals surface area contributed by atoms with E-state index in [0.29, 0.717) is 43.2 Å². The van der Waals surface area contributed by atoms with Gasteiger partial charge >= 0.3 is 0 Å². The van der Waals surface area contributed by atoms with E-state index in [1.54, 1.807) is 4.90 Å². The minimum Gasteiger partial charge on any atom is -0.378 e. The number of ether oxygens (including phenoxy) is 1. The van der Waals surface area contributed by atoms with Crippen LogP contribution in [0.3, 0.4) is 0 Å². The number of aliphatic hydroxyl groups excluding tert-OH is 1. The SMILES string of the molecule is Cc1noc(C)c1-c1cc(C(N)O)c2[nH]c3cc(C(=O)N4CCOCC4)ccc3c2c1. The number of aromatic nitrogens is 2. The third-order valence-electron chi connectivity index (χ3n) is 5.92. The van der Waals surface area contributed by atoms with Crippen molar-refractivity contribution in [3.8, 4) is 11.1 Å². The maximum atomic E-state index is 12.9. The lowest BCUT2D eigenvalue weighted by Gasteiger charge is -2.26. The smallest absolute Gasteiger partial charge is 0.254 e. The number of carbonyl (C=O) groups is 1. The van der Waals surface area contributed by atoms with Crippen molar-refractivity contribution in [2.75, 3.05) is 26.3 Å². The highest BCUT2D eigenvalue weighted by molar-refractivity contribution is 6.11. The van der Waals surface area contributed by atoms with Gasteiger partial charge in [0.1, 0.15) is 12.0 Å². The number of hydrogen-bond acceptors (Lipinski definition) is 6. The summed E-state index contributed by atoms with van der Waals surface area (Å²) in [6, 6.07) is 9.53. The molecule has 8 nitrogen and oxygen atoms in total. The summed E-state index contributed by atoms with van der Waals surface area (Å²) in [5.41, 5.74) is 11.2. The maximum absolute atomic E-state index is 12.9. The fraction of sp³-hybridized carbons (Fsp3) is 0.304. The van der Waals surface area contributed by atoms with Crippen molar-refractivity contribution in [2.45, 2.75) is 20.1 Å². The van der Waals surface area contributed by atoms with Crippen LogP contribution in [0.1, 0.15) is 33.6 Å². The Morgan fingerprint density at radius 2 is 1.97 bits per heavy atom. The first-order chi connectivity index (χ1) is 14.9. The summed E-state index contributed by atoms with van der Waals surface area (Å²) in [6.45, 7) is 6.04. The van der Waals surface area contributed by atoms with Gasteiger partial charge < -0.3 is 30.0 Å². The van der Waals surface area contributed by atoms with Crippen molar-refractivity contribution < 1.29 is 19.2 Å². The molecule has 1 saturated heterocycles. The Hall–Kier alpha value is -3.20. The summed E-state index contributed by atoms with van der Waals surface area (Å²) < 4.78 is 10.7. The highest BCUT2D eigenvalue weighted by Gasteiger charge is 2.21. The molecule has 1 fully saturated rings. The summed E-state index contributed by atoms with van der Waals surface area (Å²) in [6.07, 6.45) is -1.16. The van der Waals surface area contributed by atoms with E-state index in [9.17, 15) is 9.90 Å². The predicted octanol–water partition coefficient (Wildman–Crippen LogP) is 3.01. The molecule has 1 atom stereocenters. The number of aromatic amines is 1. The Morgan fingerprint density at radius 1 is 1.19 bits per heavy atom.